The van der Waals surface area contributed by atoms with Gasteiger partial charge in [-0.15, -0.1) is 0 Å². The molecule has 2 nitrogen and oxygen atoms in total. The third kappa shape index (κ3) is 2.27. The Labute approximate surface area is 116 Å². The second-order valence-corrected chi connectivity index (χ2v) is 4.92. The maximum absolute atomic E-state index is 13.9. The molecule has 20 heavy (non-hydrogen) atoms. The number of rotatable bonds is 3. The van der Waals surface area contributed by atoms with Gasteiger partial charge in [-0.3, -0.25) is 0 Å². The number of nitrogens with one attached hydrogen (secondary N) is 1. The van der Waals surface area contributed by atoms with Crippen LogP contribution in [-0.4, -0.2) is 19.7 Å². The molecule has 0 unspecified atom stereocenters. The number of ether oxygens (including phenoxy) is 1. The lowest BCUT2D eigenvalue weighted by atomic mass is 10.00. The maximum atomic E-state index is 13.9. The quantitative estimate of drug-likeness (QED) is 0.929. The van der Waals surface area contributed by atoms with Gasteiger partial charge in [0.05, 0.1) is 0 Å². The molecule has 104 valence electrons. The summed E-state index contributed by atoms with van der Waals surface area (Å²) in [4.78, 5) is 0. The number of benzene rings is 2. The molecular formula is C16H15F2NO. The summed E-state index contributed by atoms with van der Waals surface area (Å²) in [6.45, 7) is 0.736. The molecule has 1 heterocycles. The molecule has 0 saturated heterocycles. The highest BCUT2D eigenvalue weighted by Crippen LogP contribution is 2.39. The number of halogens is 2. The van der Waals surface area contributed by atoms with E-state index in [1.807, 2.05) is 19.2 Å². The van der Waals surface area contributed by atoms with Crippen molar-refractivity contribution < 1.29 is 13.5 Å². The zero-order valence-electron chi connectivity index (χ0n) is 11.1. The molecule has 0 aromatic heterocycles. The Morgan fingerprint density at radius 3 is 2.80 bits per heavy atom. The Hall–Kier alpha value is -1.94. The summed E-state index contributed by atoms with van der Waals surface area (Å²) in [6.07, 6.45) is 0.854. The highest BCUT2D eigenvalue weighted by molar-refractivity contribution is 5.73. The molecule has 1 atom stereocenters. The minimum atomic E-state index is -0.576. The second-order valence-electron chi connectivity index (χ2n) is 4.92. The van der Waals surface area contributed by atoms with Gasteiger partial charge in [-0.05, 0) is 24.7 Å². The Kier molecular flexibility index (Phi) is 3.40. The lowest BCUT2D eigenvalue weighted by Gasteiger charge is -2.12. The van der Waals surface area contributed by atoms with Crippen LogP contribution >= 0.6 is 0 Å². The fourth-order valence-electron chi connectivity index (χ4n) is 2.60. The summed E-state index contributed by atoms with van der Waals surface area (Å²) < 4.78 is 32.9. The summed E-state index contributed by atoms with van der Waals surface area (Å²) in [5.74, 6) is -0.440. The van der Waals surface area contributed by atoms with Crippen molar-refractivity contribution in [2.45, 2.75) is 12.5 Å². The van der Waals surface area contributed by atoms with Gasteiger partial charge in [0.25, 0.3) is 0 Å². The van der Waals surface area contributed by atoms with Crippen molar-refractivity contribution in [1.82, 2.24) is 5.32 Å². The molecule has 0 saturated carbocycles. The summed E-state index contributed by atoms with van der Waals surface area (Å²) >= 11 is 0. The van der Waals surface area contributed by atoms with Crippen LogP contribution in [0.3, 0.4) is 0 Å². The first-order valence-corrected chi connectivity index (χ1v) is 6.57. The summed E-state index contributed by atoms with van der Waals surface area (Å²) in [5.41, 5.74) is 2.11. The number of hydrogen-bond acceptors (Lipinski definition) is 2. The van der Waals surface area contributed by atoms with E-state index in [2.05, 4.69) is 5.32 Å². The predicted molar refractivity (Wildman–Crippen MR) is 73.8 cm³/mol. The first kappa shape index (κ1) is 13.1. The monoisotopic (exact) mass is 275 g/mol. The van der Waals surface area contributed by atoms with Gasteiger partial charge in [0.2, 0.25) is 0 Å². The Morgan fingerprint density at radius 2 is 2.05 bits per heavy atom. The van der Waals surface area contributed by atoms with E-state index in [4.69, 9.17) is 4.74 Å². The van der Waals surface area contributed by atoms with E-state index >= 15 is 0 Å². The van der Waals surface area contributed by atoms with Crippen LogP contribution in [0.4, 0.5) is 8.78 Å². The largest absolute Gasteiger partial charge is 0.488 e. The lowest BCUT2D eigenvalue weighted by molar-refractivity contribution is 0.232. The molecule has 3 rings (SSSR count). The van der Waals surface area contributed by atoms with Crippen molar-refractivity contribution >= 4 is 0 Å². The molecule has 2 aromatic carbocycles. The molecule has 1 N–H and O–H groups in total. The van der Waals surface area contributed by atoms with Crippen LogP contribution < -0.4 is 10.1 Å². The summed E-state index contributed by atoms with van der Waals surface area (Å²) in [7, 11) is 1.87. The molecule has 2 aromatic rings. The van der Waals surface area contributed by atoms with Crippen LogP contribution in [0.1, 0.15) is 5.56 Å². The topological polar surface area (TPSA) is 21.3 Å². The summed E-state index contributed by atoms with van der Waals surface area (Å²) in [6, 6.07) is 9.27. The second kappa shape index (κ2) is 5.21. The van der Waals surface area contributed by atoms with E-state index in [0.717, 1.165) is 24.6 Å². The lowest BCUT2D eigenvalue weighted by Crippen LogP contribution is -2.27. The Bertz CT molecular complexity index is 642. The molecule has 0 radical (unpaired) electrons. The van der Waals surface area contributed by atoms with Gasteiger partial charge in [0.1, 0.15) is 23.5 Å². The van der Waals surface area contributed by atoms with Crippen LogP contribution in [0.5, 0.6) is 5.75 Å². The van der Waals surface area contributed by atoms with Crippen molar-refractivity contribution in [3.05, 3.63) is 53.6 Å². The SMILES string of the molecule is CNC[C@@H]1Cc2cccc(-c3ccc(F)cc3F)c2O1. The molecule has 0 amide bonds. The van der Waals surface area contributed by atoms with Crippen molar-refractivity contribution in [2.75, 3.05) is 13.6 Å². The fraction of sp³-hybridized carbons (Fsp3) is 0.250. The molecule has 0 spiro atoms. The molecule has 0 aliphatic carbocycles. The molecule has 0 fully saturated rings. The standard InChI is InChI=1S/C16H15F2NO/c1-19-9-12-7-10-3-2-4-14(16(10)20-12)13-6-5-11(17)8-15(13)18/h2-6,8,12,19H,7,9H2,1H3/t12-/m0/s1. The van der Waals surface area contributed by atoms with E-state index in [9.17, 15) is 8.78 Å². The molecular weight excluding hydrogens is 260 g/mol. The smallest absolute Gasteiger partial charge is 0.134 e. The number of fused-ring (bicyclic) bond motifs is 1. The van der Waals surface area contributed by atoms with E-state index in [-0.39, 0.29) is 6.10 Å². The van der Waals surface area contributed by atoms with Crippen molar-refractivity contribution in [3.63, 3.8) is 0 Å². The minimum Gasteiger partial charge on any atom is -0.488 e. The fourth-order valence-corrected chi connectivity index (χ4v) is 2.60. The van der Waals surface area contributed by atoms with Gasteiger partial charge in [-0.25, -0.2) is 8.78 Å². The molecule has 1 aliphatic rings. The third-order valence-electron chi connectivity index (χ3n) is 3.48. The van der Waals surface area contributed by atoms with E-state index in [1.165, 1.54) is 12.1 Å². The molecule has 1 aliphatic heterocycles. The number of para-hydroxylation sites is 1. The predicted octanol–water partition coefficient (Wildman–Crippen LogP) is 3.15. The van der Waals surface area contributed by atoms with Crippen LogP contribution in [0.2, 0.25) is 0 Å². The van der Waals surface area contributed by atoms with Crippen molar-refractivity contribution in [3.8, 4) is 16.9 Å². The third-order valence-corrected chi connectivity index (χ3v) is 3.48. The average molecular weight is 275 g/mol. The molecule has 4 heteroatoms. The van der Waals surface area contributed by atoms with Crippen molar-refractivity contribution in [1.29, 1.82) is 0 Å². The van der Waals surface area contributed by atoms with Crippen LogP contribution in [-0.2, 0) is 6.42 Å². The van der Waals surface area contributed by atoms with E-state index in [1.54, 1.807) is 6.07 Å². The van der Waals surface area contributed by atoms with Gasteiger partial charge in [-0.2, -0.15) is 0 Å². The Morgan fingerprint density at radius 1 is 1.20 bits per heavy atom. The number of hydrogen-bond donors (Lipinski definition) is 1. The van der Waals surface area contributed by atoms with Crippen LogP contribution in [0, 0.1) is 11.6 Å². The minimum absolute atomic E-state index is 0.0552. The first-order valence-electron chi connectivity index (χ1n) is 6.57. The Balaban J connectivity index is 2.03. The highest BCUT2D eigenvalue weighted by atomic mass is 19.1. The van der Waals surface area contributed by atoms with E-state index < -0.39 is 11.6 Å². The highest BCUT2D eigenvalue weighted by Gasteiger charge is 2.25. The van der Waals surface area contributed by atoms with E-state index in [0.29, 0.717) is 16.9 Å². The normalized spacial score (nSPS) is 16.9. The van der Waals surface area contributed by atoms with Crippen LogP contribution in [0.15, 0.2) is 36.4 Å². The van der Waals surface area contributed by atoms with Gasteiger partial charge >= 0.3 is 0 Å². The van der Waals surface area contributed by atoms with Gasteiger partial charge in [-0.1, -0.05) is 18.2 Å². The van der Waals surface area contributed by atoms with Crippen LogP contribution in [0.25, 0.3) is 11.1 Å². The zero-order chi connectivity index (χ0) is 14.1. The van der Waals surface area contributed by atoms with Gasteiger partial charge < -0.3 is 10.1 Å². The maximum Gasteiger partial charge on any atom is 0.134 e. The van der Waals surface area contributed by atoms with Gasteiger partial charge in [0, 0.05) is 30.2 Å². The zero-order valence-corrected chi connectivity index (χ0v) is 11.1. The summed E-state index contributed by atoms with van der Waals surface area (Å²) in [5, 5.41) is 3.07. The average Bonchev–Trinajstić information content (AvgIpc) is 2.82. The molecule has 0 bridgehead atoms. The van der Waals surface area contributed by atoms with Crippen molar-refractivity contribution in [2.24, 2.45) is 0 Å². The first-order chi connectivity index (χ1) is 9.69. The number of likely N-dealkylation sites (N-methyl/N-ethyl adjacent to an activating group) is 1. The van der Waals surface area contributed by atoms with Gasteiger partial charge in [0.15, 0.2) is 0 Å².